The first-order chi connectivity index (χ1) is 13.2. The summed E-state index contributed by atoms with van der Waals surface area (Å²) in [5, 5.41) is 17.6. The zero-order valence-electron chi connectivity index (χ0n) is 15.0. The van der Waals surface area contributed by atoms with E-state index in [0.717, 1.165) is 18.5 Å². The summed E-state index contributed by atoms with van der Waals surface area (Å²) in [6, 6.07) is 9.22. The molecule has 4 rings (SSSR count). The van der Waals surface area contributed by atoms with Crippen molar-refractivity contribution in [1.29, 1.82) is 0 Å². The number of nitrogens with zero attached hydrogens (tertiary/aromatic N) is 4. The normalized spacial score (nSPS) is 22.0. The van der Waals surface area contributed by atoms with Crippen LogP contribution in [0.3, 0.4) is 0 Å². The van der Waals surface area contributed by atoms with Crippen LogP contribution in [0.4, 0.5) is 0 Å². The lowest BCUT2D eigenvalue weighted by Gasteiger charge is -2.17. The molecule has 140 valence electrons. The number of rotatable bonds is 6. The van der Waals surface area contributed by atoms with Crippen LogP contribution in [0.2, 0.25) is 0 Å². The third-order valence-electron chi connectivity index (χ3n) is 5.06. The third kappa shape index (κ3) is 4.25. The van der Waals surface area contributed by atoms with Crippen molar-refractivity contribution in [2.75, 3.05) is 0 Å². The minimum atomic E-state index is -0.524. The standard InChI is InChI=1S/C20H23N5O2/c26-19-11-16(13-25-7-2-5-22-25)10-18(19)23-20(27)17-4-1-3-15(9-17)12-24-8-6-21-14-24/h1-9,14,16,18-19,26H,10-13H2,(H,23,27)/t16?,18-,19-/m1/s1. The van der Waals surface area contributed by atoms with Gasteiger partial charge in [0.25, 0.3) is 5.91 Å². The van der Waals surface area contributed by atoms with Gasteiger partial charge in [0.15, 0.2) is 0 Å². The van der Waals surface area contributed by atoms with E-state index in [1.54, 1.807) is 24.8 Å². The zero-order chi connectivity index (χ0) is 18.6. The number of amides is 1. The molecule has 0 aliphatic heterocycles. The minimum Gasteiger partial charge on any atom is -0.391 e. The van der Waals surface area contributed by atoms with Gasteiger partial charge in [-0.25, -0.2) is 4.98 Å². The van der Waals surface area contributed by atoms with Crippen LogP contribution < -0.4 is 5.32 Å². The van der Waals surface area contributed by atoms with Gasteiger partial charge in [-0.05, 0) is 42.5 Å². The summed E-state index contributed by atoms with van der Waals surface area (Å²) in [7, 11) is 0. The van der Waals surface area contributed by atoms with Crippen LogP contribution in [-0.2, 0) is 13.1 Å². The van der Waals surface area contributed by atoms with Gasteiger partial charge in [0, 0.05) is 43.4 Å². The van der Waals surface area contributed by atoms with Crippen molar-refractivity contribution in [1.82, 2.24) is 24.6 Å². The quantitative estimate of drug-likeness (QED) is 0.696. The maximum atomic E-state index is 12.7. The second-order valence-corrected chi connectivity index (χ2v) is 7.15. The molecule has 2 heterocycles. The number of benzene rings is 1. The summed E-state index contributed by atoms with van der Waals surface area (Å²) in [6.07, 6.45) is 9.95. The molecular formula is C20H23N5O2. The van der Waals surface area contributed by atoms with Crippen molar-refractivity contribution in [2.24, 2.45) is 5.92 Å². The second-order valence-electron chi connectivity index (χ2n) is 7.15. The van der Waals surface area contributed by atoms with Gasteiger partial charge in [-0.2, -0.15) is 5.10 Å². The maximum Gasteiger partial charge on any atom is 0.251 e. The fourth-order valence-corrected chi connectivity index (χ4v) is 3.75. The minimum absolute atomic E-state index is 0.147. The Morgan fingerprint density at radius 3 is 2.93 bits per heavy atom. The lowest BCUT2D eigenvalue weighted by atomic mass is 10.1. The lowest BCUT2D eigenvalue weighted by molar-refractivity contribution is 0.0872. The van der Waals surface area contributed by atoms with Gasteiger partial charge in [-0.1, -0.05) is 12.1 Å². The molecule has 1 aromatic carbocycles. The molecule has 1 aliphatic rings. The van der Waals surface area contributed by atoms with Crippen molar-refractivity contribution in [3.63, 3.8) is 0 Å². The Kier molecular flexibility index (Phi) is 5.02. The first kappa shape index (κ1) is 17.5. The molecule has 0 saturated heterocycles. The number of hydrogen-bond acceptors (Lipinski definition) is 4. The summed E-state index contributed by atoms with van der Waals surface area (Å²) in [5.41, 5.74) is 1.64. The first-order valence-corrected chi connectivity index (χ1v) is 9.18. The van der Waals surface area contributed by atoms with E-state index in [2.05, 4.69) is 15.4 Å². The number of carbonyl (C=O) groups excluding carboxylic acids is 1. The van der Waals surface area contributed by atoms with Crippen LogP contribution in [0.1, 0.15) is 28.8 Å². The predicted octanol–water partition coefficient (Wildman–Crippen LogP) is 1.70. The largest absolute Gasteiger partial charge is 0.391 e. The van der Waals surface area contributed by atoms with E-state index in [4.69, 9.17) is 0 Å². The molecule has 7 nitrogen and oxygen atoms in total. The molecule has 3 atom stereocenters. The van der Waals surface area contributed by atoms with Crippen LogP contribution in [0.5, 0.6) is 0 Å². The lowest BCUT2D eigenvalue weighted by Crippen LogP contribution is -2.39. The first-order valence-electron chi connectivity index (χ1n) is 9.18. The van der Waals surface area contributed by atoms with Crippen LogP contribution in [0.15, 0.2) is 61.4 Å². The molecule has 1 amide bonds. The monoisotopic (exact) mass is 365 g/mol. The Hall–Kier alpha value is -2.93. The highest BCUT2D eigenvalue weighted by Crippen LogP contribution is 2.27. The van der Waals surface area contributed by atoms with E-state index in [0.29, 0.717) is 24.4 Å². The van der Waals surface area contributed by atoms with Crippen molar-refractivity contribution >= 4 is 5.91 Å². The summed E-state index contributed by atoms with van der Waals surface area (Å²) < 4.78 is 3.83. The van der Waals surface area contributed by atoms with Crippen LogP contribution in [0, 0.1) is 5.92 Å². The van der Waals surface area contributed by atoms with Gasteiger partial charge in [0.05, 0.1) is 18.5 Å². The summed E-state index contributed by atoms with van der Waals surface area (Å²) in [4.78, 5) is 16.7. The van der Waals surface area contributed by atoms with E-state index in [9.17, 15) is 9.90 Å². The summed E-state index contributed by atoms with van der Waals surface area (Å²) >= 11 is 0. The van der Waals surface area contributed by atoms with E-state index in [1.165, 1.54) is 0 Å². The molecule has 3 aromatic rings. The number of aromatic nitrogens is 4. The van der Waals surface area contributed by atoms with Crippen molar-refractivity contribution in [3.05, 3.63) is 72.6 Å². The Morgan fingerprint density at radius 2 is 2.15 bits per heavy atom. The molecule has 2 N–H and O–H groups in total. The van der Waals surface area contributed by atoms with Gasteiger partial charge in [0.2, 0.25) is 0 Å². The van der Waals surface area contributed by atoms with Crippen LogP contribution >= 0.6 is 0 Å². The topological polar surface area (TPSA) is 85.0 Å². The van der Waals surface area contributed by atoms with Crippen LogP contribution in [-0.4, -0.2) is 42.5 Å². The molecule has 7 heteroatoms. The van der Waals surface area contributed by atoms with Crippen molar-refractivity contribution in [2.45, 2.75) is 38.1 Å². The molecule has 27 heavy (non-hydrogen) atoms. The average molecular weight is 365 g/mol. The third-order valence-corrected chi connectivity index (χ3v) is 5.06. The van der Waals surface area contributed by atoms with Crippen molar-refractivity contribution < 1.29 is 9.90 Å². The number of carbonyl (C=O) groups is 1. The molecule has 2 aromatic heterocycles. The highest BCUT2D eigenvalue weighted by Gasteiger charge is 2.34. The molecular weight excluding hydrogens is 342 g/mol. The van der Waals surface area contributed by atoms with E-state index < -0.39 is 6.10 Å². The Labute approximate surface area is 157 Å². The number of aliphatic hydroxyl groups excluding tert-OH is 1. The fraction of sp³-hybridized carbons (Fsp3) is 0.350. The second kappa shape index (κ2) is 7.75. The van der Waals surface area contributed by atoms with Gasteiger partial charge in [0.1, 0.15) is 0 Å². The zero-order valence-corrected chi connectivity index (χ0v) is 15.0. The highest BCUT2D eigenvalue weighted by molar-refractivity contribution is 5.94. The fourth-order valence-electron chi connectivity index (χ4n) is 3.75. The SMILES string of the molecule is O=C(N[C@@H]1CC(Cn2cccn2)C[C@H]1O)c1cccc(Cn2ccnc2)c1. The van der Waals surface area contributed by atoms with E-state index >= 15 is 0 Å². The van der Waals surface area contributed by atoms with Gasteiger partial charge in [-0.15, -0.1) is 0 Å². The van der Waals surface area contributed by atoms with E-state index in [-0.39, 0.29) is 11.9 Å². The highest BCUT2D eigenvalue weighted by atomic mass is 16.3. The molecule has 1 fully saturated rings. The summed E-state index contributed by atoms with van der Waals surface area (Å²) in [6.45, 7) is 1.43. The molecule has 1 aliphatic carbocycles. The van der Waals surface area contributed by atoms with Gasteiger partial charge in [-0.3, -0.25) is 9.48 Å². The number of imidazole rings is 1. The van der Waals surface area contributed by atoms with Crippen LogP contribution in [0.25, 0.3) is 0 Å². The number of nitrogens with one attached hydrogen (secondary N) is 1. The van der Waals surface area contributed by atoms with E-state index in [1.807, 2.05) is 45.9 Å². The maximum absolute atomic E-state index is 12.7. The number of aliphatic hydroxyl groups is 1. The summed E-state index contributed by atoms with van der Waals surface area (Å²) in [5.74, 6) is 0.157. The van der Waals surface area contributed by atoms with Gasteiger partial charge < -0.3 is 15.0 Å². The molecule has 1 unspecified atom stereocenters. The Balaban J connectivity index is 1.37. The van der Waals surface area contributed by atoms with Crippen molar-refractivity contribution in [3.8, 4) is 0 Å². The van der Waals surface area contributed by atoms with Gasteiger partial charge >= 0.3 is 0 Å². The average Bonchev–Trinajstić information content (AvgIpc) is 3.40. The Bertz CT molecular complexity index is 876. The predicted molar refractivity (Wildman–Crippen MR) is 100.0 cm³/mol. The molecule has 0 spiro atoms. The Morgan fingerprint density at radius 1 is 1.22 bits per heavy atom. The molecule has 1 saturated carbocycles. The number of hydrogen-bond donors (Lipinski definition) is 2. The molecule has 0 radical (unpaired) electrons. The molecule has 0 bridgehead atoms. The smallest absolute Gasteiger partial charge is 0.251 e.